The Labute approximate surface area is 882 Å². The van der Waals surface area contributed by atoms with Gasteiger partial charge in [0.25, 0.3) is 0 Å². The maximum Gasteiger partial charge on any atom is 0.343 e. The van der Waals surface area contributed by atoms with Crippen molar-refractivity contribution in [2.24, 2.45) is 11.0 Å². The number of carbonyl (C=O) groups is 7. The van der Waals surface area contributed by atoms with E-state index in [4.69, 9.17) is 74.4 Å². The second kappa shape index (κ2) is 62.9. The number of nitrogen functional groups attached to an aromatic ring is 2. The molecule has 30 heteroatoms. The number of ether oxygens (including phenoxy) is 11. The number of hydrogen-bond donors (Lipinski definition) is 5. The van der Waals surface area contributed by atoms with E-state index >= 15 is 0 Å². The van der Waals surface area contributed by atoms with Gasteiger partial charge in [0.1, 0.15) is 46.0 Å². The van der Waals surface area contributed by atoms with Crippen LogP contribution < -0.4 is 54.8 Å². The number of unbranched alkanes of at least 4 members (excludes halogenated alkanes) is 10. The standard InChI is InChI=1S/C39H45N3O5S.C34H37NO8.C32H35NO5.2C7H6N2S/c1-3-11-28-14-16-29(17-15-28)31-20-23-35(32(26-31)27-40-42-39-41-34-12-7-8-13-36(34)48-39)47-38(44)30-18-21-33(22-19-30)45-24-9-5-6-10-25-46-37(43)4-2;1-3-5-20-39-28-14-10-25(11-15-28)33(37)42-30-18-19-31(27(23-30)24-35)43-34(38)26-12-16-29(17-13-26)40-21-8-6-7-9-22-41-32(36)4-2;1-3-9-24-10-12-25(13-11-24)27-16-19-30(28(22-27)23-33)38-32(35)26-14-17-29(18-15-26)36-20-7-5-6-8-21-37-31(34)4-2;2*8-7-9-5-3-1-2-4-6(5)10-7/h4,7-8,12-13,18-23,26-29H,2-3,5-6,9-11,14-17,24-25H2,1H3,(H,41,42);4,10-19,23-24,35H,2-3,5-9,20-22H2,1H3;4,10-19,22-23,33H,2-3,5-9,20-21H2,1H3;2*1-4H,(H2,8,9)/b40-27+;;;;. The van der Waals surface area contributed by atoms with Gasteiger partial charge in [0, 0.05) is 47.3 Å². The number of rotatable bonds is 50. The number of carbonyl (C=O) groups excluding carboxylic acids is 7. The molecule has 1 saturated carbocycles. The van der Waals surface area contributed by atoms with Crippen molar-refractivity contribution >= 4 is 140 Å². The van der Waals surface area contributed by atoms with Crippen molar-refractivity contribution in [3.63, 3.8) is 0 Å². The predicted molar refractivity (Wildman–Crippen MR) is 594 cm³/mol. The molecule has 7 N–H and O–H groups in total. The summed E-state index contributed by atoms with van der Waals surface area (Å²) >= 11 is 4.58. The van der Waals surface area contributed by atoms with Crippen molar-refractivity contribution in [3.05, 3.63) is 337 Å². The highest BCUT2D eigenvalue weighted by atomic mass is 32.1. The first-order valence-electron chi connectivity index (χ1n) is 50.3. The third-order valence-electron chi connectivity index (χ3n) is 23.6. The molecule has 0 saturated heterocycles. The second-order valence-electron chi connectivity index (χ2n) is 34.6. The predicted octanol–water partition coefficient (Wildman–Crippen LogP) is 27.6. The van der Waals surface area contributed by atoms with Crippen molar-refractivity contribution in [1.29, 1.82) is 10.8 Å². The average Bonchev–Trinajstić information content (AvgIpc) is 1.77. The largest absolute Gasteiger partial charge is 0.494 e. The lowest BCUT2D eigenvalue weighted by Gasteiger charge is -2.29. The van der Waals surface area contributed by atoms with E-state index < -0.39 is 35.8 Å². The summed E-state index contributed by atoms with van der Waals surface area (Å²) < 4.78 is 63.7. The average molecular weight is 2070 g/mol. The number of benzene rings is 11. The van der Waals surface area contributed by atoms with Crippen LogP contribution in [0.15, 0.2) is 292 Å². The number of aryl methyl sites for hydroxylation is 1. The molecule has 149 heavy (non-hydrogen) atoms. The molecule has 1 aliphatic carbocycles. The van der Waals surface area contributed by atoms with Gasteiger partial charge in [-0.25, -0.2) is 48.5 Å². The van der Waals surface area contributed by atoms with Crippen LogP contribution in [0.3, 0.4) is 0 Å². The molecule has 11 aromatic carbocycles. The third-order valence-corrected chi connectivity index (χ3v) is 26.2. The van der Waals surface area contributed by atoms with Crippen molar-refractivity contribution in [3.8, 4) is 57.1 Å². The van der Waals surface area contributed by atoms with Gasteiger partial charge in [-0.3, -0.25) is 5.43 Å². The SMILES string of the molecule is C=CC(=O)OCCCCCCOc1ccc(C(=O)Oc2ccc(-c3ccc(CCC)cc3)cc2C=N)cc1.C=CC(=O)OCCCCCCOc1ccc(C(=O)Oc2ccc(C3CCC(CCC)CC3)cc2/C=N/Nc2nc3ccccc3s2)cc1.C=CC(=O)OCCCCCCOc1ccc(C(=O)Oc2ccc(OC(=O)c3ccc(OCCCC)cc3)cc2C=N)cc1.Nc1nc2ccccc2s1.Nc1nc2ccccc2s1. The minimum atomic E-state index is -0.599. The van der Waals surface area contributed by atoms with Crippen molar-refractivity contribution in [1.82, 2.24) is 15.0 Å². The van der Waals surface area contributed by atoms with Crippen molar-refractivity contribution < 1.29 is 85.7 Å². The van der Waals surface area contributed by atoms with Gasteiger partial charge in [-0.2, -0.15) is 5.10 Å². The summed E-state index contributed by atoms with van der Waals surface area (Å²) in [5.41, 5.74) is 24.6. The summed E-state index contributed by atoms with van der Waals surface area (Å²) in [6.45, 7) is 20.1. The first-order chi connectivity index (χ1) is 72.7. The van der Waals surface area contributed by atoms with Crippen LogP contribution in [0.5, 0.6) is 46.0 Å². The van der Waals surface area contributed by atoms with E-state index in [0.29, 0.717) is 130 Å². The first kappa shape index (κ1) is 114. The van der Waals surface area contributed by atoms with E-state index in [-0.39, 0.29) is 23.0 Å². The Balaban J connectivity index is 0.000000193. The van der Waals surface area contributed by atoms with E-state index in [1.165, 1.54) is 114 Å². The van der Waals surface area contributed by atoms with Crippen LogP contribution in [0.4, 0.5) is 15.4 Å². The fourth-order valence-electron chi connectivity index (χ4n) is 15.6. The molecule has 0 unspecified atom stereocenters. The second-order valence-corrected chi connectivity index (χ2v) is 37.8. The minimum absolute atomic E-state index is 0.160. The summed E-state index contributed by atoms with van der Waals surface area (Å²) in [7, 11) is 0. The van der Waals surface area contributed by atoms with Gasteiger partial charge >= 0.3 is 41.8 Å². The number of esters is 7. The number of hydrogen-bond acceptors (Lipinski definition) is 30. The molecule has 0 amide bonds. The Morgan fingerprint density at radius 2 is 0.745 bits per heavy atom. The van der Waals surface area contributed by atoms with Crippen LogP contribution in [0.25, 0.3) is 41.8 Å². The Bertz CT molecular complexity index is 6530. The van der Waals surface area contributed by atoms with Gasteiger partial charge in [-0.1, -0.05) is 173 Å². The summed E-state index contributed by atoms with van der Waals surface area (Å²) in [4.78, 5) is 97.1. The highest BCUT2D eigenvalue weighted by Gasteiger charge is 2.25. The smallest absolute Gasteiger partial charge is 0.343 e. The fourth-order valence-corrected chi connectivity index (χ4v) is 17.9. The molecular formula is C119H129N9O18S3. The normalized spacial score (nSPS) is 12.2. The number of para-hydroxylation sites is 3. The number of nitrogens with zero attached hydrogens (tertiary/aromatic N) is 4. The third kappa shape index (κ3) is 38.8. The molecule has 1 aliphatic rings. The molecule has 0 aliphatic heterocycles. The number of nitrogens with one attached hydrogen (secondary N) is 3. The Kier molecular flexibility index (Phi) is 47.9. The summed E-state index contributed by atoms with van der Waals surface area (Å²) in [6, 6.07) is 75.4. The van der Waals surface area contributed by atoms with Crippen LogP contribution in [0, 0.1) is 16.7 Å². The number of aromatic nitrogens is 3. The molecule has 0 atom stereocenters. The maximum absolute atomic E-state index is 13.2. The molecule has 0 bridgehead atoms. The maximum atomic E-state index is 13.2. The van der Waals surface area contributed by atoms with Gasteiger partial charge < -0.3 is 74.4 Å². The molecule has 3 aromatic heterocycles. The van der Waals surface area contributed by atoms with Gasteiger partial charge in [0.05, 0.1) is 105 Å². The lowest BCUT2D eigenvalue weighted by Crippen LogP contribution is -2.14. The van der Waals surface area contributed by atoms with Crippen LogP contribution in [0.1, 0.15) is 231 Å². The molecular weight excluding hydrogens is 1940 g/mol. The number of thiazole rings is 3. The molecule has 1 fully saturated rings. The molecule has 14 aromatic rings. The van der Waals surface area contributed by atoms with Gasteiger partial charge in [-0.05, 0) is 326 Å². The number of anilines is 3. The Morgan fingerprint density at radius 1 is 0.376 bits per heavy atom. The summed E-state index contributed by atoms with van der Waals surface area (Å²) in [6.07, 6.45) is 29.7. The summed E-state index contributed by atoms with van der Waals surface area (Å²) in [5, 5.41) is 22.0. The van der Waals surface area contributed by atoms with Crippen molar-refractivity contribution in [2.45, 2.75) is 168 Å². The van der Waals surface area contributed by atoms with Crippen molar-refractivity contribution in [2.75, 3.05) is 63.1 Å². The van der Waals surface area contributed by atoms with E-state index in [2.05, 4.69) is 102 Å². The quantitative estimate of drug-likeness (QED) is 0.00449. The molecule has 0 radical (unpaired) electrons. The van der Waals surface area contributed by atoms with E-state index in [0.717, 1.165) is 174 Å². The van der Waals surface area contributed by atoms with Crippen LogP contribution in [-0.4, -0.2) is 122 Å². The van der Waals surface area contributed by atoms with Gasteiger partial charge in [0.15, 0.2) is 10.3 Å². The Hall–Kier alpha value is -15.8. The topological polar surface area (TPSA) is 384 Å². The summed E-state index contributed by atoms with van der Waals surface area (Å²) in [5.74, 6) is 1.88. The monoisotopic (exact) mass is 2070 g/mol. The molecule has 15 rings (SSSR count). The minimum Gasteiger partial charge on any atom is -0.494 e. The van der Waals surface area contributed by atoms with Crippen LogP contribution in [0.2, 0.25) is 0 Å². The zero-order chi connectivity index (χ0) is 106. The van der Waals surface area contributed by atoms with Gasteiger partial charge in [0.2, 0.25) is 5.13 Å². The zero-order valence-electron chi connectivity index (χ0n) is 84.4. The fraction of sp³-hybridized carbons (Fsp3) is 0.286. The van der Waals surface area contributed by atoms with Crippen LogP contribution in [-0.2, 0) is 35.0 Å². The van der Waals surface area contributed by atoms with Crippen LogP contribution >= 0.6 is 34.0 Å². The lowest BCUT2D eigenvalue weighted by atomic mass is 9.77. The zero-order valence-corrected chi connectivity index (χ0v) is 86.9. The molecule has 27 nitrogen and oxygen atoms in total. The molecule has 0 spiro atoms. The highest BCUT2D eigenvalue weighted by Crippen LogP contribution is 2.40. The highest BCUT2D eigenvalue weighted by molar-refractivity contribution is 7.22. The lowest BCUT2D eigenvalue weighted by molar-refractivity contribution is -0.138. The number of hydrazone groups is 1. The first-order valence-corrected chi connectivity index (χ1v) is 52.7. The van der Waals surface area contributed by atoms with E-state index in [1.54, 1.807) is 109 Å². The van der Waals surface area contributed by atoms with Gasteiger partial charge in [-0.15, -0.1) is 0 Å². The number of nitrogens with two attached hydrogens (primary N) is 2. The van der Waals surface area contributed by atoms with E-state index in [1.807, 2.05) is 91.0 Å². The molecule has 776 valence electrons. The van der Waals surface area contributed by atoms with E-state index in [9.17, 15) is 33.6 Å². The molecule has 3 heterocycles. The Morgan fingerprint density at radius 3 is 1.15 bits per heavy atom. The number of fused-ring (bicyclic) bond motifs is 3.